The maximum absolute atomic E-state index is 14.4. The van der Waals surface area contributed by atoms with Gasteiger partial charge in [0.05, 0.1) is 17.7 Å². The van der Waals surface area contributed by atoms with E-state index >= 15 is 0 Å². The van der Waals surface area contributed by atoms with Crippen LogP contribution in [0.2, 0.25) is 5.02 Å². The molecule has 3 aromatic rings. The quantitative estimate of drug-likeness (QED) is 0.208. The second-order valence-electron chi connectivity index (χ2n) is 11.8. The summed E-state index contributed by atoms with van der Waals surface area (Å²) in [5, 5.41) is 14.2. The topological polar surface area (TPSA) is 93.2 Å². The molecule has 0 spiro atoms. The van der Waals surface area contributed by atoms with Gasteiger partial charge in [0, 0.05) is 43.8 Å². The molecule has 9 heteroatoms. The third-order valence-electron chi connectivity index (χ3n) is 8.42. The lowest BCUT2D eigenvalue weighted by Gasteiger charge is -2.33. The van der Waals surface area contributed by atoms with Gasteiger partial charge in [-0.1, -0.05) is 41.9 Å². The highest BCUT2D eigenvalue weighted by Gasteiger charge is 2.38. The van der Waals surface area contributed by atoms with E-state index in [0.29, 0.717) is 49.9 Å². The third kappa shape index (κ3) is 8.44. The smallest absolute Gasteiger partial charge is 0.252 e. The van der Waals surface area contributed by atoms with Crippen LogP contribution in [0.15, 0.2) is 60.3 Å². The lowest BCUT2D eigenvalue weighted by Crippen LogP contribution is -2.46. The fourth-order valence-corrected chi connectivity index (χ4v) is 6.07. The predicted octanol–water partition coefficient (Wildman–Crippen LogP) is 5.69. The average Bonchev–Trinajstić information content (AvgIpc) is 3.89. The first-order chi connectivity index (χ1) is 21.9. The Balaban J connectivity index is 1.31. The molecule has 1 aromatic heterocycles. The summed E-state index contributed by atoms with van der Waals surface area (Å²) in [5.41, 5.74) is 6.55. The Labute approximate surface area is 271 Å². The van der Waals surface area contributed by atoms with Crippen LogP contribution >= 0.6 is 11.6 Å². The minimum Gasteiger partial charge on any atom is -0.490 e. The normalized spacial score (nSPS) is 16.5. The molecule has 2 N–H and O–H groups in total. The summed E-state index contributed by atoms with van der Waals surface area (Å²) in [4.78, 5) is 20.8. The number of halogens is 1. The van der Waals surface area contributed by atoms with Crippen LogP contribution in [-0.2, 0) is 22.5 Å². The molecule has 0 saturated heterocycles. The van der Waals surface area contributed by atoms with Crippen molar-refractivity contribution >= 4 is 23.1 Å². The highest BCUT2D eigenvalue weighted by molar-refractivity contribution is 6.31. The Kier molecular flexibility index (Phi) is 11.5. The van der Waals surface area contributed by atoms with Gasteiger partial charge in [-0.15, -0.1) is 0 Å². The lowest BCUT2D eigenvalue weighted by molar-refractivity contribution is -0.128. The summed E-state index contributed by atoms with van der Waals surface area (Å²) in [7, 11) is 1.69. The maximum atomic E-state index is 14.4. The molecule has 1 amide bonds. The molecule has 5 rings (SSSR count). The van der Waals surface area contributed by atoms with Gasteiger partial charge in [-0.2, -0.15) is 0 Å². The first kappa shape index (κ1) is 32.9. The second-order valence-corrected chi connectivity index (χ2v) is 12.2. The zero-order chi connectivity index (χ0) is 31.8. The number of carbonyl (C=O) groups is 1. The summed E-state index contributed by atoms with van der Waals surface area (Å²) in [5.74, 6) is 1.58. The Bertz CT molecular complexity index is 1470. The van der Waals surface area contributed by atoms with Crippen molar-refractivity contribution in [2.45, 2.75) is 64.6 Å². The highest BCUT2D eigenvalue weighted by atomic mass is 35.5. The van der Waals surface area contributed by atoms with Gasteiger partial charge in [0.25, 0.3) is 5.91 Å². The summed E-state index contributed by atoms with van der Waals surface area (Å²) < 4.78 is 17.1. The van der Waals surface area contributed by atoms with Crippen molar-refractivity contribution in [1.82, 2.24) is 15.2 Å². The molecule has 1 aliphatic heterocycles. The molecule has 0 radical (unpaired) electrons. The third-order valence-corrected chi connectivity index (χ3v) is 8.76. The minimum atomic E-state index is -0.446. The van der Waals surface area contributed by atoms with E-state index in [1.165, 1.54) is 0 Å². The Morgan fingerprint density at radius 3 is 2.49 bits per heavy atom. The molecule has 2 aromatic carbocycles. The number of pyridine rings is 1. The van der Waals surface area contributed by atoms with Gasteiger partial charge in [0.15, 0.2) is 0 Å². The number of carbonyl (C=O) groups excluding carboxylic acids is 1. The number of amides is 1. The molecule has 45 heavy (non-hydrogen) atoms. The standard InChI is InChI=1S/C36H44ClN3O5/c1-24-6-4-7-25(2)35(24)45-19-18-44-30-13-9-26(10-14-30)31-15-16-38-33(23-41)34(31)36(42)40(29-11-12-29)22-27-20-28(8-5-17-43-3)39-21-32(27)37/h4,6-7,9-10,13-14,20-21,29,33,38,41H,5,8,11-12,15-19,22-23H2,1-3H3/t33-/m1/s1. The second kappa shape index (κ2) is 15.7. The van der Waals surface area contributed by atoms with Crippen molar-refractivity contribution < 1.29 is 24.1 Å². The number of aryl methyl sites for hydroxylation is 3. The van der Waals surface area contributed by atoms with Gasteiger partial charge in [-0.25, -0.2) is 0 Å². The number of hydrogen-bond acceptors (Lipinski definition) is 7. The van der Waals surface area contributed by atoms with E-state index in [-0.39, 0.29) is 18.6 Å². The summed E-state index contributed by atoms with van der Waals surface area (Å²) in [6, 6.07) is 15.7. The maximum Gasteiger partial charge on any atom is 0.252 e. The minimum absolute atomic E-state index is 0.0588. The molecule has 1 saturated carbocycles. The first-order valence-corrected chi connectivity index (χ1v) is 16.2. The Hall–Kier alpha value is -3.43. The van der Waals surface area contributed by atoms with Gasteiger partial charge in [0.1, 0.15) is 24.7 Å². The zero-order valence-electron chi connectivity index (χ0n) is 26.5. The molecule has 2 aliphatic rings. The van der Waals surface area contributed by atoms with E-state index in [2.05, 4.69) is 10.3 Å². The van der Waals surface area contributed by atoms with Crippen LogP contribution in [0.1, 0.15) is 53.6 Å². The fourth-order valence-electron chi connectivity index (χ4n) is 5.91. The SMILES string of the molecule is COCCCc1cc(CN(C(=O)C2=C(c3ccc(OCCOc4c(C)cccc4C)cc3)CCN[C@@H]2CO)C2CC2)c(Cl)cn1. The van der Waals surface area contributed by atoms with Crippen LogP contribution in [0, 0.1) is 13.8 Å². The number of rotatable bonds is 15. The molecular weight excluding hydrogens is 590 g/mol. The first-order valence-electron chi connectivity index (χ1n) is 15.8. The van der Waals surface area contributed by atoms with Gasteiger partial charge >= 0.3 is 0 Å². The van der Waals surface area contributed by atoms with Crippen LogP contribution < -0.4 is 14.8 Å². The number of aliphatic hydroxyl groups is 1. The molecule has 240 valence electrons. The predicted molar refractivity (Wildman–Crippen MR) is 177 cm³/mol. The van der Waals surface area contributed by atoms with Crippen molar-refractivity contribution in [2.75, 3.05) is 40.1 Å². The molecule has 1 fully saturated rings. The Morgan fingerprint density at radius 1 is 1.07 bits per heavy atom. The van der Waals surface area contributed by atoms with E-state index in [0.717, 1.165) is 70.7 Å². The number of aromatic nitrogens is 1. The van der Waals surface area contributed by atoms with Crippen molar-refractivity contribution in [3.05, 3.63) is 93.3 Å². The number of aliphatic hydroxyl groups excluding tert-OH is 1. The van der Waals surface area contributed by atoms with Gasteiger partial charge in [0.2, 0.25) is 0 Å². The van der Waals surface area contributed by atoms with E-state index in [1.807, 2.05) is 67.3 Å². The number of ether oxygens (including phenoxy) is 3. The molecule has 8 nitrogen and oxygen atoms in total. The summed E-state index contributed by atoms with van der Waals surface area (Å²) >= 11 is 6.59. The van der Waals surface area contributed by atoms with Crippen LogP contribution in [0.4, 0.5) is 0 Å². The number of hydrogen-bond donors (Lipinski definition) is 2. The zero-order valence-corrected chi connectivity index (χ0v) is 27.2. The lowest BCUT2D eigenvalue weighted by atomic mass is 9.88. The number of nitrogens with one attached hydrogen (secondary N) is 1. The van der Waals surface area contributed by atoms with Crippen molar-refractivity contribution in [2.24, 2.45) is 0 Å². The summed E-state index contributed by atoms with van der Waals surface area (Å²) in [6.07, 6.45) is 5.90. The largest absolute Gasteiger partial charge is 0.490 e. The van der Waals surface area contributed by atoms with Gasteiger partial charge in [-0.05, 0) is 98.5 Å². The van der Waals surface area contributed by atoms with E-state index in [1.54, 1.807) is 13.3 Å². The van der Waals surface area contributed by atoms with E-state index in [4.69, 9.17) is 25.8 Å². The van der Waals surface area contributed by atoms with Crippen molar-refractivity contribution in [3.8, 4) is 11.5 Å². The van der Waals surface area contributed by atoms with Gasteiger partial charge in [-0.3, -0.25) is 9.78 Å². The van der Waals surface area contributed by atoms with Gasteiger partial charge < -0.3 is 29.5 Å². The van der Waals surface area contributed by atoms with Crippen LogP contribution in [0.5, 0.6) is 11.5 Å². The fraction of sp³-hybridized carbons (Fsp3) is 0.444. The number of methoxy groups -OCH3 is 1. The molecule has 0 bridgehead atoms. The van der Waals surface area contributed by atoms with E-state index in [9.17, 15) is 9.90 Å². The molecule has 0 unspecified atom stereocenters. The number of benzene rings is 2. The average molecular weight is 634 g/mol. The van der Waals surface area contributed by atoms with Crippen LogP contribution in [-0.4, -0.2) is 73.1 Å². The van der Waals surface area contributed by atoms with Crippen LogP contribution in [0.25, 0.3) is 5.57 Å². The Morgan fingerprint density at radius 2 is 1.80 bits per heavy atom. The number of para-hydroxylation sites is 1. The van der Waals surface area contributed by atoms with Crippen LogP contribution in [0.3, 0.4) is 0 Å². The van der Waals surface area contributed by atoms with Crippen molar-refractivity contribution in [1.29, 1.82) is 0 Å². The molecule has 1 aliphatic carbocycles. The molecular formula is C36H44ClN3O5. The molecule has 2 heterocycles. The molecule has 1 atom stereocenters. The monoisotopic (exact) mass is 633 g/mol. The summed E-state index contributed by atoms with van der Waals surface area (Å²) in [6.45, 7) is 6.50. The van der Waals surface area contributed by atoms with Crippen molar-refractivity contribution in [3.63, 3.8) is 0 Å². The highest BCUT2D eigenvalue weighted by Crippen LogP contribution is 2.35. The number of nitrogens with zero attached hydrogens (tertiary/aromatic N) is 2. The van der Waals surface area contributed by atoms with E-state index < -0.39 is 6.04 Å².